The topological polar surface area (TPSA) is 121 Å². The van der Waals surface area contributed by atoms with Gasteiger partial charge in [-0.1, -0.05) is 18.5 Å². The van der Waals surface area contributed by atoms with Crippen LogP contribution >= 0.6 is 11.6 Å². The fourth-order valence-electron chi connectivity index (χ4n) is 2.31. The van der Waals surface area contributed by atoms with E-state index in [2.05, 4.69) is 10.3 Å². The summed E-state index contributed by atoms with van der Waals surface area (Å²) in [6, 6.07) is 1.89. The van der Waals surface area contributed by atoms with E-state index in [0.29, 0.717) is 22.8 Å². The summed E-state index contributed by atoms with van der Waals surface area (Å²) in [7, 11) is 0. The zero-order valence-electron chi connectivity index (χ0n) is 12.8. The highest BCUT2D eigenvalue weighted by Crippen LogP contribution is 2.18. The van der Waals surface area contributed by atoms with Crippen LogP contribution in [-0.4, -0.2) is 43.5 Å². The molecule has 0 spiro atoms. The summed E-state index contributed by atoms with van der Waals surface area (Å²) in [5, 5.41) is 20.7. The Balaban J connectivity index is 2.32. The van der Waals surface area contributed by atoms with E-state index in [4.69, 9.17) is 21.8 Å². The fourth-order valence-corrected chi connectivity index (χ4v) is 2.46. The van der Waals surface area contributed by atoms with Gasteiger partial charge in [0.05, 0.1) is 5.69 Å². The lowest BCUT2D eigenvalue weighted by Gasteiger charge is -2.14. The predicted octanol–water partition coefficient (Wildman–Crippen LogP) is 1.60. The molecule has 2 heterocycles. The van der Waals surface area contributed by atoms with Crippen LogP contribution in [0.1, 0.15) is 35.9 Å². The summed E-state index contributed by atoms with van der Waals surface area (Å²) in [4.78, 5) is 38.7. The molecule has 0 saturated heterocycles. The number of hydrogen-bond acceptors (Lipinski definition) is 4. The van der Waals surface area contributed by atoms with Crippen molar-refractivity contribution in [3.05, 3.63) is 34.7 Å². The third-order valence-electron chi connectivity index (χ3n) is 3.46. The zero-order valence-corrected chi connectivity index (χ0v) is 13.6. The molecular formula is C15H16ClN3O5. The minimum Gasteiger partial charge on any atom is -0.481 e. The number of fused-ring (bicyclic) bond motifs is 1. The monoisotopic (exact) mass is 353 g/mol. The van der Waals surface area contributed by atoms with Gasteiger partial charge in [-0.3, -0.25) is 14.0 Å². The van der Waals surface area contributed by atoms with E-state index in [9.17, 15) is 14.4 Å². The Morgan fingerprint density at radius 1 is 1.38 bits per heavy atom. The van der Waals surface area contributed by atoms with Crippen molar-refractivity contribution < 1.29 is 24.6 Å². The average Bonchev–Trinajstić information content (AvgIpc) is 2.88. The van der Waals surface area contributed by atoms with Gasteiger partial charge in [0, 0.05) is 23.7 Å². The van der Waals surface area contributed by atoms with E-state index in [1.54, 1.807) is 18.3 Å². The quantitative estimate of drug-likeness (QED) is 0.695. The van der Waals surface area contributed by atoms with Gasteiger partial charge < -0.3 is 15.5 Å². The Labute approximate surface area is 142 Å². The zero-order chi connectivity index (χ0) is 17.9. The summed E-state index contributed by atoms with van der Waals surface area (Å²) < 4.78 is 1.52. The molecule has 8 nitrogen and oxygen atoms in total. The van der Waals surface area contributed by atoms with Crippen LogP contribution < -0.4 is 5.32 Å². The first-order chi connectivity index (χ1) is 11.3. The lowest BCUT2D eigenvalue weighted by molar-refractivity contribution is -0.140. The summed E-state index contributed by atoms with van der Waals surface area (Å²) in [6.07, 6.45) is 1.47. The second-order valence-electron chi connectivity index (χ2n) is 5.13. The van der Waals surface area contributed by atoms with Crippen molar-refractivity contribution in [3.8, 4) is 0 Å². The van der Waals surface area contributed by atoms with Gasteiger partial charge in [-0.05, 0) is 18.9 Å². The van der Waals surface area contributed by atoms with Crippen LogP contribution in [0.15, 0.2) is 18.3 Å². The number of carboxylic acids is 2. The highest BCUT2D eigenvalue weighted by Gasteiger charge is 2.25. The van der Waals surface area contributed by atoms with Crippen molar-refractivity contribution in [2.24, 2.45) is 0 Å². The number of aryl methyl sites for hydroxylation is 1. The first kappa shape index (κ1) is 17.7. The molecule has 0 aliphatic rings. The fraction of sp³-hybridized carbons (Fsp3) is 0.333. The number of amides is 1. The number of imidazole rings is 1. The van der Waals surface area contributed by atoms with Crippen molar-refractivity contribution in [3.63, 3.8) is 0 Å². The number of aromatic nitrogens is 2. The Hall–Kier alpha value is -2.61. The average molecular weight is 354 g/mol. The summed E-state index contributed by atoms with van der Waals surface area (Å²) in [5.41, 5.74) is 1.18. The second-order valence-corrected chi connectivity index (χ2v) is 5.57. The molecule has 9 heteroatoms. The van der Waals surface area contributed by atoms with Crippen LogP contribution in [0.3, 0.4) is 0 Å². The molecule has 1 amide bonds. The van der Waals surface area contributed by atoms with E-state index in [0.717, 1.165) is 0 Å². The maximum absolute atomic E-state index is 12.5. The number of hydrogen-bond donors (Lipinski definition) is 3. The van der Waals surface area contributed by atoms with Crippen LogP contribution in [0.4, 0.5) is 0 Å². The lowest BCUT2D eigenvalue weighted by Crippen LogP contribution is -2.41. The maximum atomic E-state index is 12.5. The normalized spacial score (nSPS) is 12.1. The molecule has 0 radical (unpaired) electrons. The number of carbonyl (C=O) groups excluding carboxylic acids is 1. The number of pyridine rings is 1. The molecular weight excluding hydrogens is 338 g/mol. The number of carboxylic acid groups (broad SMARTS) is 2. The lowest BCUT2D eigenvalue weighted by atomic mass is 10.1. The second kappa shape index (κ2) is 7.31. The molecule has 0 fully saturated rings. The Kier molecular flexibility index (Phi) is 5.40. The third-order valence-corrected chi connectivity index (χ3v) is 3.70. The van der Waals surface area contributed by atoms with Gasteiger partial charge in [0.25, 0.3) is 5.91 Å². The van der Waals surface area contributed by atoms with Gasteiger partial charge >= 0.3 is 11.9 Å². The summed E-state index contributed by atoms with van der Waals surface area (Å²) >= 11 is 5.91. The van der Waals surface area contributed by atoms with Crippen molar-refractivity contribution in [2.75, 3.05) is 0 Å². The molecule has 2 rings (SSSR count). The Morgan fingerprint density at radius 3 is 2.67 bits per heavy atom. The van der Waals surface area contributed by atoms with Crippen molar-refractivity contribution >= 4 is 35.1 Å². The Morgan fingerprint density at radius 2 is 2.08 bits per heavy atom. The molecule has 1 atom stereocenters. The van der Waals surface area contributed by atoms with Crippen molar-refractivity contribution in [1.29, 1.82) is 0 Å². The van der Waals surface area contributed by atoms with E-state index in [1.807, 2.05) is 6.92 Å². The van der Waals surface area contributed by atoms with Gasteiger partial charge in [-0.15, -0.1) is 0 Å². The minimum atomic E-state index is -1.30. The van der Waals surface area contributed by atoms with Crippen molar-refractivity contribution in [1.82, 2.24) is 14.7 Å². The van der Waals surface area contributed by atoms with Crippen LogP contribution in [-0.2, 0) is 16.0 Å². The van der Waals surface area contributed by atoms with Crippen molar-refractivity contribution in [2.45, 2.75) is 32.2 Å². The molecule has 0 aliphatic carbocycles. The molecule has 0 aliphatic heterocycles. The number of halogens is 1. The maximum Gasteiger partial charge on any atom is 0.326 e. The minimum absolute atomic E-state index is 0.208. The predicted molar refractivity (Wildman–Crippen MR) is 85.3 cm³/mol. The first-order valence-corrected chi connectivity index (χ1v) is 7.63. The summed E-state index contributed by atoms with van der Waals surface area (Å²) in [5.74, 6) is -3.05. The highest BCUT2D eigenvalue weighted by atomic mass is 35.5. The Bertz CT molecular complexity index is 802. The van der Waals surface area contributed by atoms with Crippen LogP contribution in [0.2, 0.25) is 5.02 Å². The van der Waals surface area contributed by atoms with E-state index in [1.165, 1.54) is 4.40 Å². The van der Waals surface area contributed by atoms with Gasteiger partial charge in [-0.25, -0.2) is 9.78 Å². The van der Waals surface area contributed by atoms with E-state index < -0.39 is 23.9 Å². The van der Waals surface area contributed by atoms with E-state index in [-0.39, 0.29) is 18.5 Å². The molecule has 0 aromatic carbocycles. The number of rotatable bonds is 7. The van der Waals surface area contributed by atoms with Gasteiger partial charge in [-0.2, -0.15) is 0 Å². The van der Waals surface area contributed by atoms with Crippen LogP contribution in [0, 0.1) is 0 Å². The number of carbonyl (C=O) groups is 3. The van der Waals surface area contributed by atoms with Gasteiger partial charge in [0.1, 0.15) is 17.4 Å². The first-order valence-electron chi connectivity index (χ1n) is 7.25. The number of nitrogens with one attached hydrogen (secondary N) is 1. The largest absolute Gasteiger partial charge is 0.481 e. The van der Waals surface area contributed by atoms with Gasteiger partial charge in [0.2, 0.25) is 0 Å². The molecule has 128 valence electrons. The SMILES string of the molecule is CCc1nc2cc(Cl)ccn2c1C(=O)NC(CCC(=O)O)C(=O)O. The molecule has 2 aromatic rings. The smallest absolute Gasteiger partial charge is 0.326 e. The molecule has 2 aromatic heterocycles. The van der Waals surface area contributed by atoms with Crippen LogP contribution in [0.5, 0.6) is 0 Å². The molecule has 0 saturated carbocycles. The molecule has 24 heavy (non-hydrogen) atoms. The molecule has 3 N–H and O–H groups in total. The highest BCUT2D eigenvalue weighted by molar-refractivity contribution is 6.30. The standard InChI is InChI=1S/C15H16ClN3O5/c1-2-9-13(19-6-5-8(16)7-11(19)17-9)14(22)18-10(15(23)24)3-4-12(20)21/h5-7,10H,2-4H2,1H3,(H,18,22)(H,20,21)(H,23,24). The summed E-state index contributed by atoms with van der Waals surface area (Å²) in [6.45, 7) is 1.82. The molecule has 0 bridgehead atoms. The van der Waals surface area contributed by atoms with Crippen LogP contribution in [0.25, 0.3) is 5.65 Å². The third kappa shape index (κ3) is 3.83. The van der Waals surface area contributed by atoms with E-state index >= 15 is 0 Å². The number of aliphatic carboxylic acids is 2. The molecule has 1 unspecified atom stereocenters. The van der Waals surface area contributed by atoms with Gasteiger partial charge in [0.15, 0.2) is 0 Å². The number of nitrogens with zero attached hydrogens (tertiary/aromatic N) is 2.